The maximum absolute atomic E-state index is 12.4. The predicted molar refractivity (Wildman–Crippen MR) is 82.8 cm³/mol. The summed E-state index contributed by atoms with van der Waals surface area (Å²) in [6, 6.07) is 7.09. The lowest BCUT2D eigenvalue weighted by Gasteiger charge is -2.18. The molecule has 1 amide bonds. The Labute approximate surface area is 128 Å². The van der Waals surface area contributed by atoms with E-state index < -0.39 is 0 Å². The number of rotatable bonds is 3. The summed E-state index contributed by atoms with van der Waals surface area (Å²) in [5, 5.41) is 10.9. The van der Waals surface area contributed by atoms with Crippen LogP contribution >= 0.6 is 11.6 Å². The van der Waals surface area contributed by atoms with Crippen molar-refractivity contribution in [2.75, 3.05) is 11.9 Å². The third kappa shape index (κ3) is 2.80. The molecule has 2 heterocycles. The minimum Gasteiger partial charge on any atom is -0.323 e. The van der Waals surface area contributed by atoms with Crippen molar-refractivity contribution in [3.8, 4) is 5.69 Å². The number of hydrogen-bond acceptors (Lipinski definition) is 3. The standard InChI is InChI=1S/C15H17ClN4O/c1-10-6-8-17-13(10)15(21)19-12-5-2-4-11(16)14(12)20-9-3-7-18-20/h2-5,7,9-10,13,17H,6,8H2,1H3,(H,19,21). The Morgan fingerprint density at radius 2 is 2.33 bits per heavy atom. The van der Waals surface area contributed by atoms with Gasteiger partial charge in [-0.3, -0.25) is 4.79 Å². The molecule has 1 fully saturated rings. The maximum Gasteiger partial charge on any atom is 0.241 e. The number of para-hydroxylation sites is 1. The lowest BCUT2D eigenvalue weighted by atomic mass is 10.0. The molecule has 0 radical (unpaired) electrons. The first-order valence-electron chi connectivity index (χ1n) is 6.99. The molecule has 2 unspecified atom stereocenters. The van der Waals surface area contributed by atoms with Crippen molar-refractivity contribution >= 4 is 23.2 Å². The zero-order valence-corrected chi connectivity index (χ0v) is 12.5. The molecule has 110 valence electrons. The van der Waals surface area contributed by atoms with Crippen LogP contribution in [0.2, 0.25) is 5.02 Å². The number of amides is 1. The highest BCUT2D eigenvalue weighted by molar-refractivity contribution is 6.33. The van der Waals surface area contributed by atoms with Crippen molar-refractivity contribution in [3.63, 3.8) is 0 Å². The molecular weight excluding hydrogens is 288 g/mol. The number of halogens is 1. The van der Waals surface area contributed by atoms with Crippen LogP contribution in [0.25, 0.3) is 5.69 Å². The van der Waals surface area contributed by atoms with Gasteiger partial charge in [0, 0.05) is 12.4 Å². The van der Waals surface area contributed by atoms with E-state index in [2.05, 4.69) is 22.7 Å². The van der Waals surface area contributed by atoms with Gasteiger partial charge in [-0.05, 0) is 37.1 Å². The SMILES string of the molecule is CC1CCNC1C(=O)Nc1cccc(Cl)c1-n1cccn1. The highest BCUT2D eigenvalue weighted by atomic mass is 35.5. The van der Waals surface area contributed by atoms with Crippen molar-refractivity contribution in [1.82, 2.24) is 15.1 Å². The van der Waals surface area contributed by atoms with Gasteiger partial charge < -0.3 is 10.6 Å². The van der Waals surface area contributed by atoms with Crippen LogP contribution in [0.4, 0.5) is 5.69 Å². The third-order valence-electron chi connectivity index (χ3n) is 3.79. The van der Waals surface area contributed by atoms with Crippen molar-refractivity contribution in [3.05, 3.63) is 41.7 Å². The Bertz CT molecular complexity index is 641. The molecule has 1 aliphatic heterocycles. The number of aromatic nitrogens is 2. The molecule has 0 saturated carbocycles. The van der Waals surface area contributed by atoms with Gasteiger partial charge in [-0.15, -0.1) is 0 Å². The summed E-state index contributed by atoms with van der Waals surface area (Å²) in [4.78, 5) is 12.4. The fourth-order valence-electron chi connectivity index (χ4n) is 2.65. The highest BCUT2D eigenvalue weighted by Gasteiger charge is 2.29. The van der Waals surface area contributed by atoms with E-state index in [4.69, 9.17) is 11.6 Å². The van der Waals surface area contributed by atoms with Crippen molar-refractivity contribution in [1.29, 1.82) is 0 Å². The van der Waals surface area contributed by atoms with Crippen molar-refractivity contribution in [2.45, 2.75) is 19.4 Å². The lowest BCUT2D eigenvalue weighted by molar-refractivity contribution is -0.118. The molecule has 6 heteroatoms. The molecule has 0 spiro atoms. The average Bonchev–Trinajstić information content (AvgIpc) is 3.10. The quantitative estimate of drug-likeness (QED) is 0.916. The first kappa shape index (κ1) is 14.1. The molecule has 2 atom stereocenters. The van der Waals surface area contributed by atoms with Gasteiger partial charge in [-0.25, -0.2) is 4.68 Å². The molecule has 5 nitrogen and oxygen atoms in total. The number of nitrogens with one attached hydrogen (secondary N) is 2. The second-order valence-electron chi connectivity index (χ2n) is 5.27. The third-order valence-corrected chi connectivity index (χ3v) is 4.10. The van der Waals surface area contributed by atoms with E-state index in [1.165, 1.54) is 0 Å². The summed E-state index contributed by atoms with van der Waals surface area (Å²) >= 11 is 6.26. The number of carbonyl (C=O) groups excluding carboxylic acids is 1. The Kier molecular flexibility index (Phi) is 3.94. The zero-order valence-electron chi connectivity index (χ0n) is 11.7. The molecule has 1 aromatic heterocycles. The van der Waals surface area contributed by atoms with Gasteiger partial charge in [0.2, 0.25) is 5.91 Å². The van der Waals surface area contributed by atoms with E-state index in [9.17, 15) is 4.79 Å². The minimum atomic E-state index is -0.158. The first-order chi connectivity index (χ1) is 10.2. The average molecular weight is 305 g/mol. The van der Waals surface area contributed by atoms with E-state index in [-0.39, 0.29) is 11.9 Å². The summed E-state index contributed by atoms with van der Waals surface area (Å²) in [5.41, 5.74) is 1.35. The largest absolute Gasteiger partial charge is 0.323 e. The molecule has 1 aliphatic rings. The lowest BCUT2D eigenvalue weighted by Crippen LogP contribution is -2.39. The van der Waals surface area contributed by atoms with Gasteiger partial charge in [0.25, 0.3) is 0 Å². The van der Waals surface area contributed by atoms with Gasteiger partial charge in [0.1, 0.15) is 5.69 Å². The summed E-state index contributed by atoms with van der Waals surface area (Å²) in [7, 11) is 0. The Morgan fingerprint density at radius 3 is 3.00 bits per heavy atom. The van der Waals surface area contributed by atoms with Crippen LogP contribution in [0.3, 0.4) is 0 Å². The summed E-state index contributed by atoms with van der Waals surface area (Å²) in [6.45, 7) is 2.96. The van der Waals surface area contributed by atoms with Crippen molar-refractivity contribution < 1.29 is 4.79 Å². The van der Waals surface area contributed by atoms with Crippen LogP contribution in [0, 0.1) is 5.92 Å². The van der Waals surface area contributed by atoms with Crippen LogP contribution < -0.4 is 10.6 Å². The zero-order chi connectivity index (χ0) is 14.8. The maximum atomic E-state index is 12.4. The smallest absolute Gasteiger partial charge is 0.241 e. The highest BCUT2D eigenvalue weighted by Crippen LogP contribution is 2.28. The Balaban J connectivity index is 1.89. The van der Waals surface area contributed by atoms with Gasteiger partial charge in [-0.2, -0.15) is 5.10 Å². The summed E-state index contributed by atoms with van der Waals surface area (Å²) in [5.74, 6) is 0.299. The van der Waals surface area contributed by atoms with Gasteiger partial charge in [0.15, 0.2) is 0 Å². The predicted octanol–water partition coefficient (Wildman–Crippen LogP) is 2.46. The van der Waals surface area contributed by atoms with Gasteiger partial charge >= 0.3 is 0 Å². The number of nitrogens with zero attached hydrogens (tertiary/aromatic N) is 2. The van der Waals surface area contributed by atoms with E-state index in [0.717, 1.165) is 13.0 Å². The molecule has 0 aliphatic carbocycles. The first-order valence-corrected chi connectivity index (χ1v) is 7.37. The van der Waals surface area contributed by atoms with Crippen LogP contribution in [0.5, 0.6) is 0 Å². The van der Waals surface area contributed by atoms with Crippen molar-refractivity contribution in [2.24, 2.45) is 5.92 Å². The number of hydrogen-bond donors (Lipinski definition) is 2. The van der Waals surface area contributed by atoms with Gasteiger partial charge in [-0.1, -0.05) is 24.6 Å². The number of carbonyl (C=O) groups is 1. The van der Waals surface area contributed by atoms with Crippen LogP contribution in [0.1, 0.15) is 13.3 Å². The molecule has 2 aromatic rings. The van der Waals surface area contributed by atoms with E-state index in [0.29, 0.717) is 22.3 Å². The fourth-order valence-corrected chi connectivity index (χ4v) is 2.91. The normalized spacial score (nSPS) is 21.4. The molecule has 21 heavy (non-hydrogen) atoms. The fraction of sp³-hybridized carbons (Fsp3) is 0.333. The topological polar surface area (TPSA) is 59.0 Å². The summed E-state index contributed by atoms with van der Waals surface area (Å²) in [6.07, 6.45) is 4.49. The number of anilines is 1. The number of benzene rings is 1. The Hall–Kier alpha value is -1.85. The molecule has 1 saturated heterocycles. The molecule has 2 N–H and O–H groups in total. The Morgan fingerprint density at radius 1 is 1.48 bits per heavy atom. The molecule has 3 rings (SSSR count). The van der Waals surface area contributed by atoms with E-state index >= 15 is 0 Å². The molecular formula is C15H17ClN4O. The second-order valence-corrected chi connectivity index (χ2v) is 5.68. The van der Waals surface area contributed by atoms with E-state index in [1.54, 1.807) is 23.1 Å². The van der Waals surface area contributed by atoms with Crippen LogP contribution in [0.15, 0.2) is 36.7 Å². The van der Waals surface area contributed by atoms with Crippen LogP contribution in [-0.4, -0.2) is 28.3 Å². The van der Waals surface area contributed by atoms with E-state index in [1.807, 2.05) is 18.2 Å². The minimum absolute atomic E-state index is 0.0318. The summed E-state index contributed by atoms with van der Waals surface area (Å²) < 4.78 is 1.66. The second kappa shape index (κ2) is 5.87. The van der Waals surface area contributed by atoms with Gasteiger partial charge in [0.05, 0.1) is 16.8 Å². The van der Waals surface area contributed by atoms with Crippen LogP contribution in [-0.2, 0) is 4.79 Å². The molecule has 0 bridgehead atoms. The molecule has 1 aromatic carbocycles. The monoisotopic (exact) mass is 304 g/mol.